The molecule has 1 N–H and O–H groups in total. The molecule has 2 aromatic heterocycles. The number of rotatable bonds is 8. The minimum Gasteiger partial charge on any atom is -0.369 e. The molecule has 0 amide bonds. The second-order valence-electron chi connectivity index (χ2n) is 4.65. The summed E-state index contributed by atoms with van der Waals surface area (Å²) in [6.45, 7) is 5.29. The summed E-state index contributed by atoms with van der Waals surface area (Å²) in [6, 6.07) is 3.96. The lowest BCUT2D eigenvalue weighted by Crippen LogP contribution is -2.06. The van der Waals surface area contributed by atoms with Crippen LogP contribution in [0.25, 0.3) is 11.0 Å². The molecule has 0 bridgehead atoms. The Morgan fingerprint density at radius 2 is 2.05 bits per heavy atom. The van der Waals surface area contributed by atoms with Crippen molar-refractivity contribution in [2.45, 2.75) is 44.7 Å². The van der Waals surface area contributed by atoms with Crippen LogP contribution in [-0.4, -0.2) is 27.2 Å². The summed E-state index contributed by atoms with van der Waals surface area (Å²) in [5.74, 6) is 1.88. The van der Waals surface area contributed by atoms with Gasteiger partial charge < -0.3 is 5.32 Å². The highest BCUT2D eigenvalue weighted by Crippen LogP contribution is 2.22. The largest absolute Gasteiger partial charge is 0.369 e. The number of unbranched alkanes of at least 4 members (excludes halogenated alkanes) is 3. The first kappa shape index (κ1) is 15.0. The molecular weight excluding hydrogens is 268 g/mol. The maximum absolute atomic E-state index is 4.61. The van der Waals surface area contributed by atoms with Gasteiger partial charge in [0, 0.05) is 12.7 Å². The van der Waals surface area contributed by atoms with E-state index in [0.29, 0.717) is 0 Å². The Morgan fingerprint density at radius 3 is 2.85 bits per heavy atom. The van der Waals surface area contributed by atoms with Crippen molar-refractivity contribution in [3.63, 3.8) is 0 Å². The molecule has 2 rings (SSSR count). The molecule has 0 aromatic carbocycles. The van der Waals surface area contributed by atoms with Gasteiger partial charge in [-0.25, -0.2) is 15.0 Å². The van der Waals surface area contributed by atoms with Crippen molar-refractivity contribution in [3.8, 4) is 0 Å². The van der Waals surface area contributed by atoms with E-state index in [-0.39, 0.29) is 0 Å². The molecule has 108 valence electrons. The number of fused-ring (bicyclic) bond motifs is 1. The van der Waals surface area contributed by atoms with Gasteiger partial charge in [-0.2, -0.15) is 0 Å². The zero-order chi connectivity index (χ0) is 14.2. The highest BCUT2D eigenvalue weighted by atomic mass is 32.2. The maximum Gasteiger partial charge on any atom is 0.191 e. The summed E-state index contributed by atoms with van der Waals surface area (Å²) in [5, 5.41) is 5.24. The Labute approximate surface area is 124 Å². The topological polar surface area (TPSA) is 50.7 Å². The van der Waals surface area contributed by atoms with Gasteiger partial charge in [0.15, 0.2) is 10.8 Å². The number of hydrogen-bond acceptors (Lipinski definition) is 5. The van der Waals surface area contributed by atoms with E-state index in [4.69, 9.17) is 0 Å². The SMILES string of the molecule is CCCCCCNc1nc(SCC)nc2ncccc12. The lowest BCUT2D eigenvalue weighted by molar-refractivity contribution is 0.684. The van der Waals surface area contributed by atoms with Gasteiger partial charge in [-0.1, -0.05) is 44.9 Å². The van der Waals surface area contributed by atoms with E-state index in [1.54, 1.807) is 18.0 Å². The predicted octanol–water partition coefficient (Wildman–Crippen LogP) is 4.13. The zero-order valence-electron chi connectivity index (χ0n) is 12.2. The first-order chi connectivity index (χ1) is 9.85. The van der Waals surface area contributed by atoms with Crippen molar-refractivity contribution in [1.29, 1.82) is 0 Å². The van der Waals surface area contributed by atoms with Gasteiger partial charge in [0.1, 0.15) is 5.82 Å². The average molecular weight is 290 g/mol. The molecule has 20 heavy (non-hydrogen) atoms. The molecule has 0 saturated carbocycles. The summed E-state index contributed by atoms with van der Waals surface area (Å²) in [7, 11) is 0. The van der Waals surface area contributed by atoms with Crippen molar-refractivity contribution in [2.24, 2.45) is 0 Å². The van der Waals surface area contributed by atoms with Crippen molar-refractivity contribution in [2.75, 3.05) is 17.6 Å². The van der Waals surface area contributed by atoms with Gasteiger partial charge in [0.2, 0.25) is 0 Å². The fraction of sp³-hybridized carbons (Fsp3) is 0.533. The molecule has 0 aliphatic carbocycles. The van der Waals surface area contributed by atoms with Gasteiger partial charge in [-0.15, -0.1) is 0 Å². The Bertz CT molecular complexity index is 544. The minimum atomic E-state index is 0.773. The van der Waals surface area contributed by atoms with Crippen molar-refractivity contribution in [1.82, 2.24) is 15.0 Å². The standard InChI is InChI=1S/C15H22N4S/c1-3-5-6-7-10-16-13-12-9-8-11-17-14(12)19-15(18-13)20-4-2/h8-9,11H,3-7,10H2,1-2H3,(H,16,17,18,19). The van der Waals surface area contributed by atoms with Crippen LogP contribution >= 0.6 is 11.8 Å². The van der Waals surface area contributed by atoms with Crippen LogP contribution in [0.3, 0.4) is 0 Å². The number of nitrogens with one attached hydrogen (secondary N) is 1. The minimum absolute atomic E-state index is 0.773. The third-order valence-corrected chi connectivity index (χ3v) is 3.78. The quantitative estimate of drug-likeness (QED) is 0.450. The lowest BCUT2D eigenvalue weighted by atomic mass is 10.2. The summed E-state index contributed by atoms with van der Waals surface area (Å²) >= 11 is 1.65. The number of nitrogens with zero attached hydrogens (tertiary/aromatic N) is 3. The number of aromatic nitrogens is 3. The van der Waals surface area contributed by atoms with Crippen LogP contribution in [0.1, 0.15) is 39.5 Å². The summed E-state index contributed by atoms with van der Waals surface area (Å²) in [6.07, 6.45) is 6.78. The average Bonchev–Trinajstić information content (AvgIpc) is 2.47. The third kappa shape index (κ3) is 4.07. The first-order valence-corrected chi connectivity index (χ1v) is 8.33. The van der Waals surface area contributed by atoms with Gasteiger partial charge in [-0.05, 0) is 24.3 Å². The van der Waals surface area contributed by atoms with Crippen LogP contribution in [0.5, 0.6) is 0 Å². The first-order valence-electron chi connectivity index (χ1n) is 7.34. The predicted molar refractivity (Wildman–Crippen MR) is 86.4 cm³/mol. The number of anilines is 1. The smallest absolute Gasteiger partial charge is 0.191 e. The third-order valence-electron chi connectivity index (χ3n) is 3.05. The Morgan fingerprint density at radius 1 is 1.15 bits per heavy atom. The number of pyridine rings is 1. The molecule has 0 radical (unpaired) electrons. The van der Waals surface area contributed by atoms with Crippen LogP contribution in [0.15, 0.2) is 23.5 Å². The molecule has 0 unspecified atom stereocenters. The van der Waals surface area contributed by atoms with Crippen molar-refractivity contribution >= 4 is 28.6 Å². The molecule has 2 aromatic rings. The zero-order valence-corrected chi connectivity index (χ0v) is 13.0. The molecule has 0 fully saturated rings. The Hall–Kier alpha value is -1.36. The van der Waals surface area contributed by atoms with E-state index >= 15 is 0 Å². The Balaban J connectivity index is 2.12. The van der Waals surface area contributed by atoms with Crippen molar-refractivity contribution < 1.29 is 0 Å². The fourth-order valence-corrected chi connectivity index (χ4v) is 2.59. The lowest BCUT2D eigenvalue weighted by Gasteiger charge is -2.09. The molecule has 5 heteroatoms. The maximum atomic E-state index is 4.61. The van der Waals surface area contributed by atoms with Crippen LogP contribution < -0.4 is 5.32 Å². The molecular formula is C15H22N4S. The van der Waals surface area contributed by atoms with E-state index in [0.717, 1.165) is 34.3 Å². The summed E-state index contributed by atoms with van der Waals surface area (Å²) < 4.78 is 0. The highest BCUT2D eigenvalue weighted by Gasteiger charge is 2.07. The highest BCUT2D eigenvalue weighted by molar-refractivity contribution is 7.99. The van der Waals surface area contributed by atoms with Crippen molar-refractivity contribution in [3.05, 3.63) is 18.3 Å². The van der Waals surface area contributed by atoms with Gasteiger partial charge in [-0.3, -0.25) is 0 Å². The summed E-state index contributed by atoms with van der Waals surface area (Å²) in [4.78, 5) is 13.4. The number of hydrogen-bond donors (Lipinski definition) is 1. The van der Waals surface area contributed by atoms with Crippen LogP contribution in [0.4, 0.5) is 5.82 Å². The summed E-state index contributed by atoms with van der Waals surface area (Å²) in [5.41, 5.74) is 0.773. The molecule has 0 aliphatic rings. The second kappa shape index (κ2) is 8.04. The van der Waals surface area contributed by atoms with Crippen LogP contribution in [0.2, 0.25) is 0 Å². The van der Waals surface area contributed by atoms with E-state index < -0.39 is 0 Å². The fourth-order valence-electron chi connectivity index (χ4n) is 2.03. The van der Waals surface area contributed by atoms with E-state index in [1.807, 2.05) is 12.1 Å². The normalized spacial score (nSPS) is 10.9. The monoisotopic (exact) mass is 290 g/mol. The molecule has 2 heterocycles. The molecule has 4 nitrogen and oxygen atoms in total. The Kier molecular flexibility index (Phi) is 6.05. The van der Waals surface area contributed by atoms with Gasteiger partial charge in [0.25, 0.3) is 0 Å². The molecule has 0 spiro atoms. The van der Waals surface area contributed by atoms with E-state index in [2.05, 4.69) is 34.1 Å². The number of thioether (sulfide) groups is 1. The van der Waals surface area contributed by atoms with E-state index in [9.17, 15) is 0 Å². The van der Waals surface area contributed by atoms with Crippen LogP contribution in [-0.2, 0) is 0 Å². The second-order valence-corrected chi connectivity index (χ2v) is 5.88. The molecule has 0 saturated heterocycles. The van der Waals surface area contributed by atoms with Gasteiger partial charge >= 0.3 is 0 Å². The van der Waals surface area contributed by atoms with Gasteiger partial charge in [0.05, 0.1) is 5.39 Å². The molecule has 0 atom stereocenters. The van der Waals surface area contributed by atoms with Crippen LogP contribution in [0, 0.1) is 0 Å². The van der Waals surface area contributed by atoms with E-state index in [1.165, 1.54) is 25.7 Å². The molecule has 0 aliphatic heterocycles.